The molecule has 182 valence electrons. The predicted octanol–water partition coefficient (Wildman–Crippen LogP) is 5.11. The Morgan fingerprint density at radius 1 is 0.816 bits per heavy atom. The van der Waals surface area contributed by atoms with Crippen LogP contribution in [0.25, 0.3) is 5.69 Å². The van der Waals surface area contributed by atoms with Gasteiger partial charge >= 0.3 is 5.91 Å². The third-order valence-electron chi connectivity index (χ3n) is 4.17. The van der Waals surface area contributed by atoms with Gasteiger partial charge in [0.1, 0.15) is 11.5 Å². The van der Waals surface area contributed by atoms with E-state index in [1.54, 1.807) is 18.2 Å². The van der Waals surface area contributed by atoms with Gasteiger partial charge in [0.25, 0.3) is 5.56 Å². The second kappa shape index (κ2) is 13.5. The average molecular weight is 576 g/mol. The molecule has 0 atom stereocenters. The molecule has 3 aromatic rings. The highest BCUT2D eigenvalue weighted by Gasteiger charge is 2.15. The molecule has 0 spiro atoms. The van der Waals surface area contributed by atoms with Gasteiger partial charge in [-0.3, -0.25) is 14.7 Å². The van der Waals surface area contributed by atoms with Crippen molar-refractivity contribution < 1.29 is 4.79 Å². The number of anilines is 3. The molecular weight excluding hydrogens is 566 g/mol. The van der Waals surface area contributed by atoms with Crippen LogP contribution in [-0.2, 0) is 4.79 Å². The highest BCUT2D eigenvalue weighted by Crippen LogP contribution is 2.32. The summed E-state index contributed by atoms with van der Waals surface area (Å²) in [5, 5.41) is 9.44. The maximum atomic E-state index is 12.6. The highest BCUT2D eigenvalue weighted by atomic mass is 35.5. The molecule has 6 nitrogen and oxygen atoms in total. The molecule has 0 saturated carbocycles. The van der Waals surface area contributed by atoms with Gasteiger partial charge in [-0.05, 0) is 89.5 Å². The number of H-pyrrole nitrogens is 1. The number of hydrogen-bond donors (Lipinski definition) is 3. The number of hydrogen-bond acceptors (Lipinski definition) is 3. The molecule has 38 heavy (non-hydrogen) atoms. The van der Waals surface area contributed by atoms with Crippen molar-refractivity contribution in [3.05, 3.63) is 66.8 Å². The second-order valence-corrected chi connectivity index (χ2v) is 8.39. The van der Waals surface area contributed by atoms with E-state index in [1.165, 1.54) is 18.2 Å². The minimum Gasteiger partial charge on any atom is -0.339 e. The van der Waals surface area contributed by atoms with Crippen molar-refractivity contribution in [1.29, 1.82) is 0 Å². The van der Waals surface area contributed by atoms with Crippen LogP contribution in [0.3, 0.4) is 0 Å². The predicted molar refractivity (Wildman–Crippen MR) is 152 cm³/mol. The summed E-state index contributed by atoms with van der Waals surface area (Å²) >= 11 is 24.7. The number of nitrogens with zero attached hydrogens (tertiary/aromatic N) is 1. The van der Waals surface area contributed by atoms with E-state index in [0.717, 1.165) is 4.68 Å². The molecule has 0 aliphatic heterocycles. The van der Waals surface area contributed by atoms with Gasteiger partial charge in [0.2, 0.25) is 0 Å². The molecule has 1 aromatic heterocycles. The minimum atomic E-state index is -0.614. The number of nitrogens with one attached hydrogen (secondary N) is 3. The SMILES string of the molecule is C#CC#CC#CC#CC#CC#CC(=O)Nc1ccc(Cl)c(Nc2cc(=O)n(-c3c(Cl)cc(Cl)cc3Cl)[nH]2)c1. The Hall–Kier alpha value is -4.76. The number of aromatic amines is 1. The van der Waals surface area contributed by atoms with Crippen LogP contribution in [0, 0.1) is 71.5 Å². The van der Waals surface area contributed by atoms with Gasteiger partial charge in [0.15, 0.2) is 0 Å². The van der Waals surface area contributed by atoms with Gasteiger partial charge in [0.05, 0.1) is 20.8 Å². The highest BCUT2D eigenvalue weighted by molar-refractivity contribution is 6.40. The molecule has 1 heterocycles. The van der Waals surface area contributed by atoms with Crippen LogP contribution >= 0.6 is 46.4 Å². The first kappa shape index (κ1) is 27.8. The lowest BCUT2D eigenvalue weighted by atomic mass is 10.2. The smallest absolute Gasteiger partial charge is 0.301 e. The fourth-order valence-corrected chi connectivity index (χ4v) is 3.87. The first-order valence-electron chi connectivity index (χ1n) is 10.1. The standard InChI is InChI=1S/C28H10Cl4N4O2/c1-2-3-4-5-6-7-8-9-10-11-12-26(37)33-20-13-14-21(30)24(17-20)34-25-18-27(38)36(35-25)28-22(31)15-19(29)16-23(28)32/h1,13-18,34-35H,(H,33,37). The van der Waals surface area contributed by atoms with E-state index < -0.39 is 11.5 Å². The van der Waals surface area contributed by atoms with Gasteiger partial charge in [0, 0.05) is 22.7 Å². The summed E-state index contributed by atoms with van der Waals surface area (Å²) < 4.78 is 1.16. The zero-order valence-electron chi connectivity index (χ0n) is 18.8. The van der Waals surface area contributed by atoms with Crippen molar-refractivity contribution in [3.63, 3.8) is 0 Å². The van der Waals surface area contributed by atoms with E-state index in [1.807, 2.05) is 0 Å². The van der Waals surface area contributed by atoms with Gasteiger partial charge in [-0.15, -0.1) is 6.42 Å². The van der Waals surface area contributed by atoms with Crippen molar-refractivity contribution in [3.8, 4) is 77.2 Å². The van der Waals surface area contributed by atoms with Crippen LogP contribution in [0.4, 0.5) is 17.2 Å². The number of benzene rings is 2. The summed E-state index contributed by atoms with van der Waals surface area (Å²) in [4.78, 5) is 24.7. The third-order valence-corrected chi connectivity index (χ3v) is 5.29. The number of amides is 1. The minimum absolute atomic E-state index is 0.179. The van der Waals surface area contributed by atoms with E-state index in [0.29, 0.717) is 21.4 Å². The maximum Gasteiger partial charge on any atom is 0.301 e. The molecule has 3 rings (SSSR count). The summed E-state index contributed by atoms with van der Waals surface area (Å²) in [5.74, 6) is 25.8. The van der Waals surface area contributed by atoms with E-state index >= 15 is 0 Å². The number of terminal acetylenes is 1. The zero-order valence-corrected chi connectivity index (χ0v) is 21.8. The zero-order chi connectivity index (χ0) is 27.5. The molecular formula is C28H10Cl4N4O2. The Morgan fingerprint density at radius 3 is 2.05 bits per heavy atom. The number of halogens is 4. The lowest BCUT2D eigenvalue weighted by Crippen LogP contribution is -2.14. The quantitative estimate of drug-likeness (QED) is 0.378. The Morgan fingerprint density at radius 2 is 1.42 bits per heavy atom. The molecule has 0 aliphatic rings. The molecule has 10 heteroatoms. The van der Waals surface area contributed by atoms with Crippen molar-refractivity contribution in [2.24, 2.45) is 0 Å². The Balaban J connectivity index is 1.71. The van der Waals surface area contributed by atoms with Crippen LogP contribution in [0.15, 0.2) is 41.2 Å². The van der Waals surface area contributed by atoms with Crippen molar-refractivity contribution in [2.45, 2.75) is 0 Å². The molecule has 1 amide bonds. The normalized spacial score (nSPS) is 8.71. The van der Waals surface area contributed by atoms with Gasteiger partial charge in [-0.1, -0.05) is 46.4 Å². The summed E-state index contributed by atoms with van der Waals surface area (Å²) in [6.07, 6.45) is 4.95. The van der Waals surface area contributed by atoms with Crippen molar-refractivity contribution in [1.82, 2.24) is 9.78 Å². The average Bonchev–Trinajstić information content (AvgIpc) is 3.21. The van der Waals surface area contributed by atoms with Crippen molar-refractivity contribution in [2.75, 3.05) is 10.6 Å². The lowest BCUT2D eigenvalue weighted by Gasteiger charge is -2.10. The molecule has 0 saturated heterocycles. The maximum absolute atomic E-state index is 12.6. The Labute approximate surface area is 238 Å². The summed E-state index contributed by atoms with van der Waals surface area (Å²) in [6.45, 7) is 0. The van der Waals surface area contributed by atoms with Crippen molar-refractivity contribution >= 4 is 69.5 Å². The van der Waals surface area contributed by atoms with E-state index in [2.05, 4.69) is 80.9 Å². The summed E-state index contributed by atoms with van der Waals surface area (Å²) in [5.41, 5.74) is 0.572. The number of carbonyl (C=O) groups excluding carboxylic acids is 1. The largest absolute Gasteiger partial charge is 0.339 e. The van der Waals surface area contributed by atoms with Gasteiger partial charge in [-0.25, -0.2) is 4.68 Å². The van der Waals surface area contributed by atoms with E-state index in [4.69, 9.17) is 52.8 Å². The van der Waals surface area contributed by atoms with Crippen LogP contribution < -0.4 is 16.2 Å². The van der Waals surface area contributed by atoms with Crippen LogP contribution in [0.2, 0.25) is 20.1 Å². The van der Waals surface area contributed by atoms with Gasteiger partial charge in [-0.2, -0.15) is 0 Å². The van der Waals surface area contributed by atoms with Crippen LogP contribution in [-0.4, -0.2) is 15.7 Å². The fourth-order valence-electron chi connectivity index (χ4n) is 2.72. The summed E-state index contributed by atoms with van der Waals surface area (Å²) in [6, 6.07) is 8.89. The Kier molecular flexibility index (Phi) is 9.90. The van der Waals surface area contributed by atoms with Crippen LogP contribution in [0.1, 0.15) is 0 Å². The Bertz CT molecular complexity index is 1830. The van der Waals surface area contributed by atoms with E-state index in [-0.39, 0.29) is 21.6 Å². The van der Waals surface area contributed by atoms with Crippen LogP contribution in [0.5, 0.6) is 0 Å². The number of rotatable bonds is 4. The molecule has 2 aromatic carbocycles. The number of carbonyl (C=O) groups is 1. The monoisotopic (exact) mass is 574 g/mol. The second-order valence-electron chi connectivity index (χ2n) is 6.73. The first-order valence-corrected chi connectivity index (χ1v) is 11.6. The molecule has 0 bridgehead atoms. The molecule has 0 unspecified atom stereocenters. The first-order chi connectivity index (χ1) is 18.3. The topological polar surface area (TPSA) is 78.9 Å². The van der Waals surface area contributed by atoms with Gasteiger partial charge < -0.3 is 10.6 Å². The van der Waals surface area contributed by atoms with E-state index in [9.17, 15) is 9.59 Å². The lowest BCUT2D eigenvalue weighted by molar-refractivity contribution is -0.111. The third kappa shape index (κ3) is 7.87. The fraction of sp³-hybridized carbons (Fsp3) is 0. The molecule has 0 fully saturated rings. The number of aromatic nitrogens is 2. The molecule has 0 aliphatic carbocycles. The molecule has 3 N–H and O–H groups in total. The molecule has 0 radical (unpaired) electrons. The summed E-state index contributed by atoms with van der Waals surface area (Å²) in [7, 11) is 0.